The van der Waals surface area contributed by atoms with E-state index in [-0.39, 0.29) is 43.3 Å². The smallest absolute Gasteiger partial charge is 0.340 e. The van der Waals surface area contributed by atoms with Gasteiger partial charge in [-0.2, -0.15) is 0 Å². The highest BCUT2D eigenvalue weighted by Gasteiger charge is 2.32. The fourth-order valence-corrected chi connectivity index (χ4v) is 7.82. The first-order chi connectivity index (χ1) is 21.2. The van der Waals surface area contributed by atoms with E-state index < -0.39 is 33.8 Å². The zero-order valence-corrected chi connectivity index (χ0v) is 25.5. The number of carbonyl (C=O) groups excluding carboxylic acids is 2. The van der Waals surface area contributed by atoms with Gasteiger partial charge in [0.15, 0.2) is 21.1 Å². The van der Waals surface area contributed by atoms with E-state index in [1.54, 1.807) is 12.1 Å². The van der Waals surface area contributed by atoms with E-state index >= 15 is 0 Å². The van der Waals surface area contributed by atoms with Crippen molar-refractivity contribution in [3.05, 3.63) is 65.4 Å². The number of carbonyl (C=O) groups is 3. The van der Waals surface area contributed by atoms with Crippen LogP contribution in [0.2, 0.25) is 0 Å². The summed E-state index contributed by atoms with van der Waals surface area (Å²) in [7, 11) is -2.32. The average molecular weight is 645 g/mol. The van der Waals surface area contributed by atoms with Crippen molar-refractivity contribution in [1.29, 1.82) is 0 Å². The number of aromatic nitrogens is 1. The second-order valence-corrected chi connectivity index (χ2v) is 13.6. The lowest BCUT2D eigenvalue weighted by atomic mass is 10.1. The van der Waals surface area contributed by atoms with Gasteiger partial charge in [-0.05, 0) is 55.5 Å². The fourth-order valence-electron chi connectivity index (χ4n) is 5.28. The Bertz CT molecular complexity index is 1610. The van der Waals surface area contributed by atoms with Crippen molar-refractivity contribution in [3.63, 3.8) is 0 Å². The molecule has 0 spiro atoms. The van der Waals surface area contributed by atoms with E-state index in [0.29, 0.717) is 44.5 Å². The van der Waals surface area contributed by atoms with Gasteiger partial charge in [-0.1, -0.05) is 42.4 Å². The first kappa shape index (κ1) is 31.6. The molecule has 1 atom stereocenters. The molecule has 14 heteroatoms. The molecule has 44 heavy (non-hydrogen) atoms. The van der Waals surface area contributed by atoms with Gasteiger partial charge < -0.3 is 24.1 Å². The van der Waals surface area contributed by atoms with Crippen LogP contribution in [0.15, 0.2) is 53.6 Å². The number of anilines is 1. The summed E-state index contributed by atoms with van der Waals surface area (Å²) in [5.41, 5.74) is -0.0644. The number of hydrogen-bond donors (Lipinski definition) is 2. The highest BCUT2D eigenvalue weighted by Crippen LogP contribution is 2.35. The van der Waals surface area contributed by atoms with Crippen molar-refractivity contribution >= 4 is 44.2 Å². The number of ether oxygens (including phenoxy) is 4. The summed E-state index contributed by atoms with van der Waals surface area (Å²) in [6.45, 7) is 1.00. The third kappa shape index (κ3) is 7.09. The molecule has 1 aromatic heterocycles. The first-order valence-electron chi connectivity index (χ1n) is 14.1. The molecule has 12 nitrogen and oxygen atoms in total. The SMILES string of the molecule is COC(=O)c1cccc(Oc2cnc(NC(=O)C(OC3CCOCC3)c3ccc(S(=O)(=O)C4CCCC4)cc3)s2)c1C(=O)O. The number of esters is 1. The van der Waals surface area contributed by atoms with Crippen LogP contribution < -0.4 is 10.1 Å². The molecule has 2 heterocycles. The summed E-state index contributed by atoms with van der Waals surface area (Å²) >= 11 is 0.946. The van der Waals surface area contributed by atoms with Gasteiger partial charge in [-0.25, -0.2) is 23.0 Å². The Balaban J connectivity index is 1.34. The molecule has 1 aliphatic carbocycles. The van der Waals surface area contributed by atoms with Crippen LogP contribution >= 0.6 is 11.3 Å². The molecule has 234 valence electrons. The quantitative estimate of drug-likeness (QED) is 0.269. The maximum atomic E-state index is 13.6. The third-order valence-electron chi connectivity index (χ3n) is 7.56. The number of aromatic carboxylic acids is 1. The average Bonchev–Trinajstić information content (AvgIpc) is 3.73. The van der Waals surface area contributed by atoms with E-state index in [1.165, 1.54) is 36.5 Å². The zero-order valence-electron chi connectivity index (χ0n) is 23.9. The molecule has 2 N–H and O–H groups in total. The minimum atomic E-state index is -3.46. The number of methoxy groups -OCH3 is 1. The largest absolute Gasteiger partial charge is 0.478 e. The number of hydrogen-bond acceptors (Lipinski definition) is 11. The Labute approximate surface area is 258 Å². The summed E-state index contributed by atoms with van der Waals surface area (Å²) < 4.78 is 48.2. The second-order valence-electron chi connectivity index (χ2n) is 10.4. The summed E-state index contributed by atoms with van der Waals surface area (Å²) in [5, 5.41) is 12.4. The molecule has 1 unspecified atom stereocenters. The molecule has 0 bridgehead atoms. The molecule has 1 amide bonds. The van der Waals surface area contributed by atoms with Crippen LogP contribution in [-0.2, 0) is 28.8 Å². The molecule has 1 saturated carbocycles. The van der Waals surface area contributed by atoms with Crippen LogP contribution in [0.3, 0.4) is 0 Å². The van der Waals surface area contributed by atoms with Crippen LogP contribution in [0.5, 0.6) is 10.8 Å². The number of carboxylic acids is 1. The van der Waals surface area contributed by atoms with Crippen LogP contribution in [0.1, 0.15) is 70.9 Å². The highest BCUT2D eigenvalue weighted by atomic mass is 32.2. The standard InChI is InChI=1S/C30H32N2O10S2/c1-39-29(36)22-7-4-8-23(25(22)28(34)35)42-24-17-31-30(43-24)32-27(33)26(41-19-13-15-40-16-14-19)18-9-11-21(12-10-18)44(37,38)20-5-2-3-6-20/h4,7-12,17,19-20,26H,2-3,5-6,13-16H2,1H3,(H,34,35)(H,31,32,33). The topological polar surface area (TPSA) is 167 Å². The van der Waals surface area contributed by atoms with Crippen LogP contribution in [0, 0.1) is 0 Å². The van der Waals surface area contributed by atoms with Crippen molar-refractivity contribution in [2.75, 3.05) is 25.6 Å². The maximum Gasteiger partial charge on any atom is 0.340 e. The Hall–Kier alpha value is -3.85. The molecule has 3 aromatic rings. The first-order valence-corrected chi connectivity index (χ1v) is 16.5. The van der Waals surface area contributed by atoms with Crippen LogP contribution in [0.4, 0.5) is 5.13 Å². The van der Waals surface area contributed by atoms with Crippen molar-refractivity contribution in [3.8, 4) is 10.8 Å². The third-order valence-corrected chi connectivity index (χ3v) is 10.6. The number of benzene rings is 2. The minimum absolute atomic E-state index is 0.102. The molecule has 2 fully saturated rings. The van der Waals surface area contributed by atoms with Crippen molar-refractivity contribution in [2.45, 2.75) is 60.9 Å². The van der Waals surface area contributed by atoms with Crippen LogP contribution in [0.25, 0.3) is 0 Å². The van der Waals surface area contributed by atoms with Crippen molar-refractivity contribution < 1.29 is 46.9 Å². The fraction of sp³-hybridized carbons (Fsp3) is 0.400. The second kappa shape index (κ2) is 13.8. The Morgan fingerprint density at radius 1 is 1.05 bits per heavy atom. The van der Waals surface area contributed by atoms with Gasteiger partial charge in [0, 0.05) is 13.2 Å². The van der Waals surface area contributed by atoms with Gasteiger partial charge in [0.05, 0.1) is 35.1 Å². The zero-order chi connectivity index (χ0) is 31.3. The van der Waals surface area contributed by atoms with E-state index in [2.05, 4.69) is 15.0 Å². The number of sulfone groups is 1. The van der Waals surface area contributed by atoms with E-state index in [0.717, 1.165) is 31.3 Å². The van der Waals surface area contributed by atoms with Crippen molar-refractivity contribution in [1.82, 2.24) is 4.98 Å². The Morgan fingerprint density at radius 2 is 1.75 bits per heavy atom. The van der Waals surface area contributed by atoms with Crippen LogP contribution in [-0.4, -0.2) is 68.0 Å². The van der Waals surface area contributed by atoms with E-state index in [1.807, 2.05) is 0 Å². The molecular weight excluding hydrogens is 612 g/mol. The van der Waals surface area contributed by atoms with Gasteiger partial charge in [-0.3, -0.25) is 10.1 Å². The van der Waals surface area contributed by atoms with Gasteiger partial charge in [0.1, 0.15) is 11.3 Å². The Morgan fingerprint density at radius 3 is 2.41 bits per heavy atom. The Kier molecular flexibility index (Phi) is 9.93. The van der Waals surface area contributed by atoms with E-state index in [4.69, 9.17) is 14.2 Å². The van der Waals surface area contributed by atoms with Gasteiger partial charge in [0.25, 0.3) is 5.91 Å². The summed E-state index contributed by atoms with van der Waals surface area (Å²) in [5.74, 6) is -2.84. The molecule has 2 aromatic carbocycles. The predicted molar refractivity (Wildman–Crippen MR) is 159 cm³/mol. The number of nitrogens with zero attached hydrogens (tertiary/aromatic N) is 1. The van der Waals surface area contributed by atoms with Gasteiger partial charge >= 0.3 is 11.9 Å². The molecule has 1 saturated heterocycles. The number of amides is 1. The van der Waals surface area contributed by atoms with E-state index in [9.17, 15) is 27.9 Å². The number of rotatable bonds is 11. The molecule has 1 aliphatic heterocycles. The lowest BCUT2D eigenvalue weighted by molar-refractivity contribution is -0.136. The lowest BCUT2D eigenvalue weighted by Gasteiger charge is -2.27. The van der Waals surface area contributed by atoms with Gasteiger partial charge in [-0.15, -0.1) is 0 Å². The number of nitrogens with one attached hydrogen (secondary N) is 1. The molecule has 5 rings (SSSR count). The predicted octanol–water partition coefficient (Wildman–Crippen LogP) is 5.01. The summed E-state index contributed by atoms with van der Waals surface area (Å²) in [6.07, 6.45) is 4.30. The summed E-state index contributed by atoms with van der Waals surface area (Å²) in [6, 6.07) is 10.4. The monoisotopic (exact) mass is 644 g/mol. The lowest BCUT2D eigenvalue weighted by Crippen LogP contribution is -2.31. The molecule has 2 aliphatic rings. The number of thiazole rings is 1. The maximum absolute atomic E-state index is 13.6. The number of carboxylic acid groups (broad SMARTS) is 1. The minimum Gasteiger partial charge on any atom is -0.478 e. The van der Waals surface area contributed by atoms with Gasteiger partial charge in [0.2, 0.25) is 5.06 Å². The highest BCUT2D eigenvalue weighted by molar-refractivity contribution is 7.92. The summed E-state index contributed by atoms with van der Waals surface area (Å²) in [4.78, 5) is 41.9. The van der Waals surface area contributed by atoms with Crippen molar-refractivity contribution in [2.24, 2.45) is 0 Å². The normalized spacial score (nSPS) is 16.8. The molecule has 0 radical (unpaired) electrons. The molecular formula is C30H32N2O10S2.